The molecular formula is C12H22N2O2. The number of piperazine rings is 1. The molecule has 0 N–H and O–H groups in total. The minimum Gasteiger partial charge on any atom is -0.372 e. The molecule has 1 unspecified atom stereocenters. The number of hydrogen-bond donors (Lipinski definition) is 0. The molecular weight excluding hydrogens is 204 g/mol. The van der Waals surface area contributed by atoms with Gasteiger partial charge < -0.3 is 9.64 Å². The molecule has 0 bridgehead atoms. The highest BCUT2D eigenvalue weighted by atomic mass is 16.5. The van der Waals surface area contributed by atoms with Gasteiger partial charge in [0.2, 0.25) is 0 Å². The lowest BCUT2D eigenvalue weighted by molar-refractivity contribution is -0.142. The van der Waals surface area contributed by atoms with E-state index in [2.05, 4.69) is 4.90 Å². The smallest absolute Gasteiger partial charge is 0.251 e. The molecule has 16 heavy (non-hydrogen) atoms. The Morgan fingerprint density at radius 3 is 2.44 bits per heavy atom. The highest BCUT2D eigenvalue weighted by Crippen LogP contribution is 2.29. The molecule has 2 aliphatic rings. The summed E-state index contributed by atoms with van der Waals surface area (Å²) in [5, 5.41) is 0. The minimum atomic E-state index is -0.296. The largest absolute Gasteiger partial charge is 0.372 e. The van der Waals surface area contributed by atoms with Gasteiger partial charge in [0, 0.05) is 39.8 Å². The second-order valence-corrected chi connectivity index (χ2v) is 4.95. The summed E-state index contributed by atoms with van der Waals surface area (Å²) in [6.07, 6.45) is 2.51. The van der Waals surface area contributed by atoms with Gasteiger partial charge in [-0.2, -0.15) is 0 Å². The Balaban J connectivity index is 1.73. The molecule has 2 fully saturated rings. The van der Waals surface area contributed by atoms with E-state index in [0.29, 0.717) is 0 Å². The maximum atomic E-state index is 11.9. The maximum Gasteiger partial charge on any atom is 0.251 e. The van der Waals surface area contributed by atoms with E-state index >= 15 is 0 Å². The van der Waals surface area contributed by atoms with Gasteiger partial charge >= 0.3 is 0 Å². The van der Waals surface area contributed by atoms with Crippen molar-refractivity contribution in [2.75, 3.05) is 39.8 Å². The highest BCUT2D eigenvalue weighted by molar-refractivity contribution is 5.80. The summed E-state index contributed by atoms with van der Waals surface area (Å²) < 4.78 is 5.06. The van der Waals surface area contributed by atoms with Crippen LogP contribution in [0.1, 0.15) is 19.8 Å². The fourth-order valence-corrected chi connectivity index (χ4v) is 2.17. The summed E-state index contributed by atoms with van der Waals surface area (Å²) in [7, 11) is 1.59. The van der Waals surface area contributed by atoms with Crippen LogP contribution in [0, 0.1) is 5.92 Å². The predicted molar refractivity (Wildman–Crippen MR) is 62.2 cm³/mol. The standard InChI is InChI=1S/C12H22N2O2/c1-10(16-2)12(15)14-7-5-13(6-8-14)9-11-3-4-11/h10-11H,3-9H2,1-2H3. The third-order valence-electron chi connectivity index (χ3n) is 3.60. The number of amides is 1. The third-order valence-corrected chi connectivity index (χ3v) is 3.60. The Morgan fingerprint density at radius 1 is 1.31 bits per heavy atom. The summed E-state index contributed by atoms with van der Waals surface area (Å²) in [6, 6.07) is 0. The molecule has 92 valence electrons. The normalized spacial score (nSPS) is 24.5. The number of carbonyl (C=O) groups is 1. The van der Waals surface area contributed by atoms with Crippen molar-refractivity contribution in [3.05, 3.63) is 0 Å². The van der Waals surface area contributed by atoms with E-state index < -0.39 is 0 Å². The van der Waals surface area contributed by atoms with E-state index in [1.165, 1.54) is 19.4 Å². The molecule has 4 nitrogen and oxygen atoms in total. The fourth-order valence-electron chi connectivity index (χ4n) is 2.17. The molecule has 1 aliphatic heterocycles. The molecule has 0 radical (unpaired) electrons. The van der Waals surface area contributed by atoms with Crippen LogP contribution >= 0.6 is 0 Å². The van der Waals surface area contributed by atoms with E-state index in [-0.39, 0.29) is 12.0 Å². The minimum absolute atomic E-state index is 0.133. The molecule has 1 aliphatic carbocycles. The summed E-state index contributed by atoms with van der Waals surface area (Å²) in [5.74, 6) is 1.08. The van der Waals surface area contributed by atoms with Crippen molar-refractivity contribution >= 4 is 5.91 Å². The Morgan fingerprint density at radius 2 is 1.94 bits per heavy atom. The van der Waals surface area contributed by atoms with E-state index in [1.54, 1.807) is 7.11 Å². The molecule has 1 saturated heterocycles. The number of carbonyl (C=O) groups excluding carboxylic acids is 1. The van der Waals surface area contributed by atoms with Crippen LogP contribution in [0.2, 0.25) is 0 Å². The molecule has 0 spiro atoms. The van der Waals surface area contributed by atoms with Crippen molar-refractivity contribution in [3.8, 4) is 0 Å². The molecule has 1 atom stereocenters. The predicted octanol–water partition coefficient (Wildman–Crippen LogP) is 0.575. The van der Waals surface area contributed by atoms with Crippen molar-refractivity contribution in [2.24, 2.45) is 5.92 Å². The van der Waals surface area contributed by atoms with Crippen LogP contribution in [0.5, 0.6) is 0 Å². The van der Waals surface area contributed by atoms with Crippen molar-refractivity contribution in [2.45, 2.75) is 25.9 Å². The lowest BCUT2D eigenvalue weighted by atomic mass is 10.2. The zero-order valence-corrected chi connectivity index (χ0v) is 10.3. The van der Waals surface area contributed by atoms with Gasteiger partial charge in [-0.15, -0.1) is 0 Å². The van der Waals surface area contributed by atoms with Gasteiger partial charge in [0.15, 0.2) is 0 Å². The van der Waals surface area contributed by atoms with Gasteiger partial charge in [0.05, 0.1) is 0 Å². The zero-order chi connectivity index (χ0) is 11.5. The van der Waals surface area contributed by atoms with Gasteiger partial charge in [-0.25, -0.2) is 0 Å². The monoisotopic (exact) mass is 226 g/mol. The van der Waals surface area contributed by atoms with Crippen LogP contribution in [0.15, 0.2) is 0 Å². The summed E-state index contributed by atoms with van der Waals surface area (Å²) >= 11 is 0. The fraction of sp³-hybridized carbons (Fsp3) is 0.917. The molecule has 0 aromatic rings. The Labute approximate surface area is 97.5 Å². The summed E-state index contributed by atoms with van der Waals surface area (Å²) in [6.45, 7) is 6.83. The number of methoxy groups -OCH3 is 1. The first-order valence-corrected chi connectivity index (χ1v) is 6.24. The van der Waals surface area contributed by atoms with E-state index in [0.717, 1.165) is 32.1 Å². The number of ether oxygens (including phenoxy) is 1. The molecule has 0 aromatic carbocycles. The average molecular weight is 226 g/mol. The molecule has 1 saturated carbocycles. The molecule has 1 heterocycles. The lowest BCUT2D eigenvalue weighted by Crippen LogP contribution is -2.51. The second kappa shape index (κ2) is 5.15. The maximum absolute atomic E-state index is 11.9. The quantitative estimate of drug-likeness (QED) is 0.703. The lowest BCUT2D eigenvalue weighted by Gasteiger charge is -2.35. The van der Waals surface area contributed by atoms with Crippen LogP contribution in [-0.2, 0) is 9.53 Å². The van der Waals surface area contributed by atoms with Crippen LogP contribution in [0.4, 0.5) is 0 Å². The van der Waals surface area contributed by atoms with E-state index in [1.807, 2.05) is 11.8 Å². The van der Waals surface area contributed by atoms with Gasteiger partial charge in [0.25, 0.3) is 5.91 Å². The molecule has 2 rings (SSSR count). The van der Waals surface area contributed by atoms with E-state index in [4.69, 9.17) is 4.74 Å². The summed E-state index contributed by atoms with van der Waals surface area (Å²) in [4.78, 5) is 16.3. The van der Waals surface area contributed by atoms with Crippen molar-refractivity contribution in [1.82, 2.24) is 9.80 Å². The number of hydrogen-bond acceptors (Lipinski definition) is 3. The Kier molecular flexibility index (Phi) is 3.82. The zero-order valence-electron chi connectivity index (χ0n) is 10.3. The first kappa shape index (κ1) is 11.9. The SMILES string of the molecule is COC(C)C(=O)N1CCN(CC2CC2)CC1. The van der Waals surface area contributed by atoms with Crippen molar-refractivity contribution < 1.29 is 9.53 Å². The van der Waals surface area contributed by atoms with Crippen LogP contribution < -0.4 is 0 Å². The van der Waals surface area contributed by atoms with E-state index in [9.17, 15) is 4.79 Å². The van der Waals surface area contributed by atoms with Crippen LogP contribution in [0.25, 0.3) is 0 Å². The van der Waals surface area contributed by atoms with Crippen molar-refractivity contribution in [3.63, 3.8) is 0 Å². The Bertz CT molecular complexity index is 245. The average Bonchev–Trinajstić information content (AvgIpc) is 3.12. The van der Waals surface area contributed by atoms with Gasteiger partial charge in [-0.3, -0.25) is 9.69 Å². The van der Waals surface area contributed by atoms with Crippen molar-refractivity contribution in [1.29, 1.82) is 0 Å². The third kappa shape index (κ3) is 2.95. The molecule has 1 amide bonds. The second-order valence-electron chi connectivity index (χ2n) is 4.95. The molecule has 0 aromatic heterocycles. The highest BCUT2D eigenvalue weighted by Gasteiger charge is 2.28. The van der Waals surface area contributed by atoms with Crippen LogP contribution in [-0.4, -0.2) is 61.6 Å². The number of nitrogens with zero attached hydrogens (tertiary/aromatic N) is 2. The van der Waals surface area contributed by atoms with Gasteiger partial charge in [-0.05, 0) is 25.7 Å². The summed E-state index contributed by atoms with van der Waals surface area (Å²) in [5.41, 5.74) is 0. The van der Waals surface area contributed by atoms with Gasteiger partial charge in [-0.1, -0.05) is 0 Å². The first-order valence-electron chi connectivity index (χ1n) is 6.24. The number of rotatable bonds is 4. The van der Waals surface area contributed by atoms with Crippen LogP contribution in [0.3, 0.4) is 0 Å². The Hall–Kier alpha value is -0.610. The molecule has 4 heteroatoms. The topological polar surface area (TPSA) is 32.8 Å². The first-order chi connectivity index (χ1) is 7.70. The van der Waals surface area contributed by atoms with Gasteiger partial charge in [0.1, 0.15) is 6.10 Å².